The molecule has 1 rings (SSSR count). The molecule has 0 aliphatic rings. The van der Waals surface area contributed by atoms with E-state index in [1.807, 2.05) is 26.0 Å². The average Bonchev–Trinajstić information content (AvgIpc) is 2.35. The predicted octanol–water partition coefficient (Wildman–Crippen LogP) is 2.09. The standard InChI is InChI=1S/C14H21ClN2O2/c1-4-17(3)14(18)9-19-13-6-5-11(7-10(2)16)8-12(13)15/h5-6,8,10H,4,7,9,16H2,1-3H3. The Kier molecular flexibility index (Phi) is 6.12. The van der Waals surface area contributed by atoms with E-state index in [9.17, 15) is 4.79 Å². The van der Waals surface area contributed by atoms with Crippen LogP contribution in [0.4, 0.5) is 0 Å². The fraction of sp³-hybridized carbons (Fsp3) is 0.500. The molecule has 0 radical (unpaired) electrons. The first kappa shape index (κ1) is 15.8. The first-order valence-corrected chi connectivity index (χ1v) is 6.72. The molecule has 0 saturated carbocycles. The molecular weight excluding hydrogens is 264 g/mol. The third-order valence-electron chi connectivity index (χ3n) is 2.81. The minimum absolute atomic E-state index is 0.00328. The molecule has 0 aromatic heterocycles. The number of rotatable bonds is 6. The molecule has 0 bridgehead atoms. The van der Waals surface area contributed by atoms with E-state index in [-0.39, 0.29) is 18.6 Å². The molecule has 0 aliphatic carbocycles. The summed E-state index contributed by atoms with van der Waals surface area (Å²) in [5.74, 6) is 0.450. The molecule has 1 atom stereocenters. The zero-order chi connectivity index (χ0) is 14.4. The first-order chi connectivity index (χ1) is 8.93. The Morgan fingerprint density at radius 1 is 1.53 bits per heavy atom. The maximum Gasteiger partial charge on any atom is 0.260 e. The highest BCUT2D eigenvalue weighted by atomic mass is 35.5. The van der Waals surface area contributed by atoms with Gasteiger partial charge >= 0.3 is 0 Å². The Morgan fingerprint density at radius 3 is 2.74 bits per heavy atom. The van der Waals surface area contributed by atoms with Gasteiger partial charge in [-0.3, -0.25) is 4.79 Å². The van der Waals surface area contributed by atoms with E-state index in [4.69, 9.17) is 22.1 Å². The zero-order valence-corrected chi connectivity index (χ0v) is 12.4. The fourth-order valence-electron chi connectivity index (χ4n) is 1.59. The lowest BCUT2D eigenvalue weighted by atomic mass is 10.1. The molecule has 0 fully saturated rings. The van der Waals surface area contributed by atoms with Gasteiger partial charge < -0.3 is 15.4 Å². The van der Waals surface area contributed by atoms with Gasteiger partial charge in [-0.1, -0.05) is 17.7 Å². The van der Waals surface area contributed by atoms with Gasteiger partial charge in [-0.05, 0) is 38.0 Å². The van der Waals surface area contributed by atoms with Gasteiger partial charge in [0.1, 0.15) is 5.75 Å². The van der Waals surface area contributed by atoms with Crippen LogP contribution in [0.1, 0.15) is 19.4 Å². The summed E-state index contributed by atoms with van der Waals surface area (Å²) >= 11 is 6.12. The molecule has 1 amide bonds. The van der Waals surface area contributed by atoms with Crippen LogP contribution in [0.25, 0.3) is 0 Å². The number of ether oxygens (including phenoxy) is 1. The number of halogens is 1. The van der Waals surface area contributed by atoms with Crippen molar-refractivity contribution in [3.8, 4) is 5.75 Å². The lowest BCUT2D eigenvalue weighted by Crippen LogP contribution is -2.31. The molecule has 1 unspecified atom stereocenters. The molecule has 19 heavy (non-hydrogen) atoms. The molecule has 0 saturated heterocycles. The summed E-state index contributed by atoms with van der Waals surface area (Å²) in [6, 6.07) is 5.61. The second-order valence-electron chi connectivity index (χ2n) is 4.64. The van der Waals surface area contributed by atoms with E-state index in [1.165, 1.54) is 0 Å². The van der Waals surface area contributed by atoms with Crippen LogP contribution in [0.2, 0.25) is 5.02 Å². The fourth-order valence-corrected chi connectivity index (χ4v) is 1.84. The SMILES string of the molecule is CCN(C)C(=O)COc1ccc(CC(C)N)cc1Cl. The molecule has 4 nitrogen and oxygen atoms in total. The quantitative estimate of drug-likeness (QED) is 0.870. The highest BCUT2D eigenvalue weighted by molar-refractivity contribution is 6.32. The van der Waals surface area contributed by atoms with Gasteiger partial charge in [-0.15, -0.1) is 0 Å². The van der Waals surface area contributed by atoms with Gasteiger partial charge in [0, 0.05) is 19.6 Å². The largest absolute Gasteiger partial charge is 0.482 e. The van der Waals surface area contributed by atoms with Crippen LogP contribution >= 0.6 is 11.6 Å². The first-order valence-electron chi connectivity index (χ1n) is 6.34. The highest BCUT2D eigenvalue weighted by Crippen LogP contribution is 2.25. The Labute approximate surface area is 119 Å². The number of hydrogen-bond acceptors (Lipinski definition) is 3. The molecule has 0 aliphatic heterocycles. The van der Waals surface area contributed by atoms with Crippen LogP contribution in [0.5, 0.6) is 5.75 Å². The Morgan fingerprint density at radius 2 is 2.21 bits per heavy atom. The van der Waals surface area contributed by atoms with E-state index in [0.29, 0.717) is 17.3 Å². The van der Waals surface area contributed by atoms with E-state index >= 15 is 0 Å². The smallest absolute Gasteiger partial charge is 0.260 e. The van der Waals surface area contributed by atoms with Crippen molar-refractivity contribution in [1.29, 1.82) is 0 Å². The third kappa shape index (κ3) is 5.09. The van der Waals surface area contributed by atoms with Gasteiger partial charge in [0.05, 0.1) is 5.02 Å². The minimum Gasteiger partial charge on any atom is -0.482 e. The summed E-state index contributed by atoms with van der Waals surface area (Å²) in [5.41, 5.74) is 6.79. The molecule has 0 spiro atoms. The number of nitrogens with two attached hydrogens (primary N) is 1. The molecular formula is C14H21ClN2O2. The zero-order valence-electron chi connectivity index (χ0n) is 11.6. The Bertz CT molecular complexity index is 435. The third-order valence-corrected chi connectivity index (χ3v) is 3.10. The van der Waals surface area contributed by atoms with Crippen molar-refractivity contribution in [3.05, 3.63) is 28.8 Å². The van der Waals surface area contributed by atoms with Crippen LogP contribution in [-0.2, 0) is 11.2 Å². The second-order valence-corrected chi connectivity index (χ2v) is 5.05. The molecule has 0 heterocycles. The molecule has 5 heteroatoms. The Hall–Kier alpha value is -1.26. The van der Waals surface area contributed by atoms with E-state index in [0.717, 1.165) is 12.0 Å². The summed E-state index contributed by atoms with van der Waals surface area (Å²) in [4.78, 5) is 13.2. The van der Waals surface area contributed by atoms with Crippen LogP contribution in [0, 0.1) is 0 Å². The summed E-state index contributed by atoms with van der Waals surface area (Å²) in [6.45, 7) is 4.51. The number of amides is 1. The van der Waals surface area contributed by atoms with Crippen molar-refractivity contribution >= 4 is 17.5 Å². The molecule has 1 aromatic rings. The van der Waals surface area contributed by atoms with Crippen LogP contribution in [0.15, 0.2) is 18.2 Å². The second kappa shape index (κ2) is 7.36. The van der Waals surface area contributed by atoms with Crippen LogP contribution in [-0.4, -0.2) is 37.0 Å². The molecule has 1 aromatic carbocycles. The molecule has 106 valence electrons. The van der Waals surface area contributed by atoms with Gasteiger partial charge in [-0.25, -0.2) is 0 Å². The summed E-state index contributed by atoms with van der Waals surface area (Å²) in [6.07, 6.45) is 0.761. The average molecular weight is 285 g/mol. The number of carbonyl (C=O) groups excluding carboxylic acids is 1. The van der Waals surface area contributed by atoms with E-state index in [2.05, 4.69) is 0 Å². The normalized spacial score (nSPS) is 12.1. The van der Waals surface area contributed by atoms with E-state index in [1.54, 1.807) is 18.0 Å². The lowest BCUT2D eigenvalue weighted by Gasteiger charge is -2.15. The number of nitrogens with zero attached hydrogens (tertiary/aromatic N) is 1. The van der Waals surface area contributed by atoms with Crippen molar-refractivity contribution in [1.82, 2.24) is 4.90 Å². The maximum absolute atomic E-state index is 11.6. The van der Waals surface area contributed by atoms with Gasteiger partial charge in [0.25, 0.3) is 5.91 Å². The van der Waals surface area contributed by atoms with Crippen molar-refractivity contribution in [3.63, 3.8) is 0 Å². The van der Waals surface area contributed by atoms with E-state index < -0.39 is 0 Å². The Balaban J connectivity index is 2.62. The van der Waals surface area contributed by atoms with Crippen LogP contribution < -0.4 is 10.5 Å². The van der Waals surface area contributed by atoms with Crippen LogP contribution in [0.3, 0.4) is 0 Å². The van der Waals surface area contributed by atoms with Gasteiger partial charge in [-0.2, -0.15) is 0 Å². The number of carbonyl (C=O) groups is 1. The predicted molar refractivity (Wildman–Crippen MR) is 77.6 cm³/mol. The summed E-state index contributed by atoms with van der Waals surface area (Å²) < 4.78 is 5.43. The van der Waals surface area contributed by atoms with Gasteiger partial charge in [0.15, 0.2) is 6.61 Å². The number of benzene rings is 1. The minimum atomic E-state index is -0.0711. The number of likely N-dealkylation sites (N-methyl/N-ethyl adjacent to an activating group) is 1. The monoisotopic (exact) mass is 284 g/mol. The number of hydrogen-bond donors (Lipinski definition) is 1. The van der Waals surface area contributed by atoms with Gasteiger partial charge in [0.2, 0.25) is 0 Å². The van der Waals surface area contributed by atoms with Crippen molar-refractivity contribution in [2.24, 2.45) is 5.73 Å². The highest BCUT2D eigenvalue weighted by Gasteiger charge is 2.10. The summed E-state index contributed by atoms with van der Waals surface area (Å²) in [5, 5.41) is 0.505. The lowest BCUT2D eigenvalue weighted by molar-refractivity contribution is -0.131. The van der Waals surface area contributed by atoms with Crippen molar-refractivity contribution in [2.45, 2.75) is 26.3 Å². The molecule has 2 N–H and O–H groups in total. The summed E-state index contributed by atoms with van der Waals surface area (Å²) in [7, 11) is 1.74. The van der Waals surface area contributed by atoms with Crippen molar-refractivity contribution < 1.29 is 9.53 Å². The topological polar surface area (TPSA) is 55.6 Å². The van der Waals surface area contributed by atoms with Crippen molar-refractivity contribution in [2.75, 3.05) is 20.2 Å². The maximum atomic E-state index is 11.6.